The van der Waals surface area contributed by atoms with Gasteiger partial charge in [-0.1, -0.05) is 51.5 Å². The molecule has 0 bridgehead atoms. The molecule has 0 aliphatic carbocycles. The van der Waals surface area contributed by atoms with Crippen molar-refractivity contribution >= 4 is 6.29 Å². The van der Waals surface area contributed by atoms with E-state index in [-0.39, 0.29) is 11.3 Å². The molecule has 1 N–H and O–H groups in total. The SMILES string of the molecule is CCCCCCCCCOc1cccc(O)c1C=O. The number of ether oxygens (including phenoxy) is 1. The number of rotatable bonds is 10. The highest BCUT2D eigenvalue weighted by atomic mass is 16.5. The summed E-state index contributed by atoms with van der Waals surface area (Å²) in [6, 6.07) is 4.89. The van der Waals surface area contributed by atoms with Crippen molar-refractivity contribution in [1.82, 2.24) is 0 Å². The second-order valence-corrected chi connectivity index (χ2v) is 4.78. The number of aldehydes is 1. The Labute approximate surface area is 115 Å². The highest BCUT2D eigenvalue weighted by Gasteiger charge is 2.07. The largest absolute Gasteiger partial charge is 0.507 e. The van der Waals surface area contributed by atoms with Crippen LogP contribution in [0.1, 0.15) is 62.2 Å². The van der Waals surface area contributed by atoms with E-state index < -0.39 is 0 Å². The third kappa shape index (κ3) is 5.77. The van der Waals surface area contributed by atoms with Crippen LogP contribution in [0.2, 0.25) is 0 Å². The number of phenolic OH excluding ortho intramolecular Hbond substituents is 1. The summed E-state index contributed by atoms with van der Waals surface area (Å²) in [7, 11) is 0. The van der Waals surface area contributed by atoms with Gasteiger partial charge in [0, 0.05) is 0 Å². The van der Waals surface area contributed by atoms with Crippen LogP contribution in [-0.2, 0) is 0 Å². The fourth-order valence-corrected chi connectivity index (χ4v) is 2.02. The number of unbranched alkanes of at least 4 members (excludes halogenated alkanes) is 6. The standard InChI is InChI=1S/C16H24O3/c1-2-3-4-5-6-7-8-12-19-16-11-9-10-15(18)14(16)13-17/h9-11,13,18H,2-8,12H2,1H3. The first-order valence-electron chi connectivity index (χ1n) is 7.19. The Morgan fingerprint density at radius 1 is 1.11 bits per heavy atom. The van der Waals surface area contributed by atoms with E-state index >= 15 is 0 Å². The minimum absolute atomic E-state index is 0.0212. The van der Waals surface area contributed by atoms with E-state index in [9.17, 15) is 9.90 Å². The Balaban J connectivity index is 2.19. The molecule has 0 saturated carbocycles. The van der Waals surface area contributed by atoms with E-state index in [1.165, 1.54) is 38.2 Å². The van der Waals surface area contributed by atoms with E-state index in [1.54, 1.807) is 12.1 Å². The molecule has 0 unspecified atom stereocenters. The summed E-state index contributed by atoms with van der Waals surface area (Å²) in [5, 5.41) is 9.50. The quantitative estimate of drug-likeness (QED) is 0.505. The molecule has 19 heavy (non-hydrogen) atoms. The van der Waals surface area contributed by atoms with Crippen LogP contribution in [0.4, 0.5) is 0 Å². The van der Waals surface area contributed by atoms with Crippen LogP contribution >= 0.6 is 0 Å². The molecule has 0 heterocycles. The number of phenols is 1. The maximum absolute atomic E-state index is 10.8. The van der Waals surface area contributed by atoms with Gasteiger partial charge in [-0.3, -0.25) is 4.79 Å². The lowest BCUT2D eigenvalue weighted by Crippen LogP contribution is -2.00. The Morgan fingerprint density at radius 2 is 1.79 bits per heavy atom. The lowest BCUT2D eigenvalue weighted by molar-refractivity contribution is 0.111. The number of benzene rings is 1. The molecule has 106 valence electrons. The van der Waals surface area contributed by atoms with Gasteiger partial charge in [0.25, 0.3) is 0 Å². The Kier molecular flexibility index (Phi) is 7.71. The molecule has 0 atom stereocenters. The molecular formula is C16H24O3. The molecule has 0 aliphatic heterocycles. The van der Waals surface area contributed by atoms with E-state index in [0.717, 1.165) is 12.8 Å². The summed E-state index contributed by atoms with van der Waals surface area (Å²) < 4.78 is 5.55. The van der Waals surface area contributed by atoms with Crippen LogP contribution in [0.3, 0.4) is 0 Å². The molecule has 1 aromatic carbocycles. The Morgan fingerprint density at radius 3 is 2.47 bits per heavy atom. The zero-order valence-corrected chi connectivity index (χ0v) is 11.7. The van der Waals surface area contributed by atoms with Gasteiger partial charge < -0.3 is 9.84 Å². The van der Waals surface area contributed by atoms with Crippen molar-refractivity contribution < 1.29 is 14.6 Å². The van der Waals surface area contributed by atoms with Gasteiger partial charge in [0.2, 0.25) is 0 Å². The topological polar surface area (TPSA) is 46.5 Å². The zero-order chi connectivity index (χ0) is 13.9. The van der Waals surface area contributed by atoms with Crippen LogP contribution in [-0.4, -0.2) is 18.0 Å². The normalized spacial score (nSPS) is 10.4. The number of carbonyl (C=O) groups excluding carboxylic acids is 1. The predicted molar refractivity (Wildman–Crippen MR) is 77.0 cm³/mol. The van der Waals surface area contributed by atoms with Gasteiger partial charge in [-0.2, -0.15) is 0 Å². The van der Waals surface area contributed by atoms with Gasteiger partial charge >= 0.3 is 0 Å². The van der Waals surface area contributed by atoms with Crippen molar-refractivity contribution in [3.63, 3.8) is 0 Å². The number of hydrogen-bond acceptors (Lipinski definition) is 3. The van der Waals surface area contributed by atoms with Crippen LogP contribution in [0, 0.1) is 0 Å². The van der Waals surface area contributed by atoms with Gasteiger partial charge in [-0.05, 0) is 18.6 Å². The summed E-state index contributed by atoms with van der Waals surface area (Å²) in [5.41, 5.74) is 0.241. The fourth-order valence-electron chi connectivity index (χ4n) is 2.02. The van der Waals surface area contributed by atoms with Crippen LogP contribution < -0.4 is 4.74 Å². The highest BCUT2D eigenvalue weighted by molar-refractivity contribution is 5.83. The molecule has 1 rings (SSSR count). The molecule has 0 aromatic heterocycles. The van der Waals surface area contributed by atoms with Gasteiger partial charge in [0.15, 0.2) is 6.29 Å². The minimum atomic E-state index is -0.0212. The first kappa shape index (κ1) is 15.5. The van der Waals surface area contributed by atoms with Gasteiger partial charge in [0.05, 0.1) is 12.2 Å². The maximum atomic E-state index is 10.8. The summed E-state index contributed by atoms with van der Waals surface area (Å²) in [4.78, 5) is 10.8. The lowest BCUT2D eigenvalue weighted by atomic mass is 10.1. The lowest BCUT2D eigenvalue weighted by Gasteiger charge is -2.09. The van der Waals surface area contributed by atoms with E-state index in [2.05, 4.69) is 6.92 Å². The molecule has 0 spiro atoms. The fraction of sp³-hybridized carbons (Fsp3) is 0.562. The maximum Gasteiger partial charge on any atom is 0.157 e. The average molecular weight is 264 g/mol. The van der Waals surface area contributed by atoms with Crippen molar-refractivity contribution in [3.8, 4) is 11.5 Å². The molecule has 0 fully saturated rings. The van der Waals surface area contributed by atoms with Crippen molar-refractivity contribution in [3.05, 3.63) is 23.8 Å². The molecule has 1 aromatic rings. The van der Waals surface area contributed by atoms with E-state index in [1.807, 2.05) is 0 Å². The Bertz CT molecular complexity index is 374. The molecular weight excluding hydrogens is 240 g/mol. The van der Waals surface area contributed by atoms with E-state index in [4.69, 9.17) is 4.74 Å². The van der Waals surface area contributed by atoms with Crippen LogP contribution in [0.5, 0.6) is 11.5 Å². The van der Waals surface area contributed by atoms with Crippen LogP contribution in [0.15, 0.2) is 18.2 Å². The monoisotopic (exact) mass is 264 g/mol. The smallest absolute Gasteiger partial charge is 0.157 e. The molecule has 3 heteroatoms. The third-order valence-electron chi connectivity index (χ3n) is 3.17. The molecule has 0 aliphatic rings. The van der Waals surface area contributed by atoms with Crippen molar-refractivity contribution in [2.45, 2.75) is 51.9 Å². The van der Waals surface area contributed by atoms with Gasteiger partial charge in [-0.25, -0.2) is 0 Å². The van der Waals surface area contributed by atoms with Crippen LogP contribution in [0.25, 0.3) is 0 Å². The van der Waals surface area contributed by atoms with Crippen molar-refractivity contribution in [1.29, 1.82) is 0 Å². The predicted octanol–water partition coefficient (Wildman–Crippen LogP) is 4.33. The first-order chi connectivity index (χ1) is 9.29. The minimum Gasteiger partial charge on any atom is -0.507 e. The van der Waals surface area contributed by atoms with Crippen molar-refractivity contribution in [2.24, 2.45) is 0 Å². The second kappa shape index (κ2) is 9.42. The van der Waals surface area contributed by atoms with Crippen molar-refractivity contribution in [2.75, 3.05) is 6.61 Å². The summed E-state index contributed by atoms with van der Waals surface area (Å²) in [6.07, 6.45) is 9.22. The third-order valence-corrected chi connectivity index (χ3v) is 3.17. The Hall–Kier alpha value is -1.51. The van der Waals surface area contributed by atoms with E-state index in [0.29, 0.717) is 18.6 Å². The summed E-state index contributed by atoms with van der Waals surface area (Å²) >= 11 is 0. The van der Waals surface area contributed by atoms with Gasteiger partial charge in [0.1, 0.15) is 11.5 Å². The number of hydrogen-bond donors (Lipinski definition) is 1. The second-order valence-electron chi connectivity index (χ2n) is 4.78. The van der Waals surface area contributed by atoms with Gasteiger partial charge in [-0.15, -0.1) is 0 Å². The molecule has 0 radical (unpaired) electrons. The number of aromatic hydroxyl groups is 1. The highest BCUT2D eigenvalue weighted by Crippen LogP contribution is 2.25. The zero-order valence-electron chi connectivity index (χ0n) is 11.7. The summed E-state index contributed by atoms with van der Waals surface area (Å²) in [6.45, 7) is 2.81. The molecule has 0 saturated heterocycles. The first-order valence-corrected chi connectivity index (χ1v) is 7.19. The molecule has 3 nitrogen and oxygen atoms in total. The molecule has 0 amide bonds. The summed E-state index contributed by atoms with van der Waals surface area (Å²) in [5.74, 6) is 0.452. The average Bonchev–Trinajstić information content (AvgIpc) is 2.42. The number of carbonyl (C=O) groups is 1.